The van der Waals surface area contributed by atoms with Crippen LogP contribution < -0.4 is 10.6 Å². The van der Waals surface area contributed by atoms with Gasteiger partial charge in [-0.2, -0.15) is 0 Å². The summed E-state index contributed by atoms with van der Waals surface area (Å²) >= 11 is 5.38. The van der Waals surface area contributed by atoms with Crippen molar-refractivity contribution in [3.05, 3.63) is 0 Å². The van der Waals surface area contributed by atoms with Crippen LogP contribution in [0.3, 0.4) is 0 Å². The first-order valence-electron chi connectivity index (χ1n) is 11.5. The summed E-state index contributed by atoms with van der Waals surface area (Å²) in [5, 5.41) is 15.0. The van der Waals surface area contributed by atoms with E-state index in [-0.39, 0.29) is 34.4 Å². The zero-order chi connectivity index (χ0) is 22.9. The number of amides is 3. The number of nitrogens with one attached hydrogen (secondary N) is 2. The molecule has 180 valence electrons. The zero-order valence-electron chi connectivity index (χ0n) is 18.4. The van der Waals surface area contributed by atoms with Crippen molar-refractivity contribution >= 4 is 45.4 Å². The van der Waals surface area contributed by atoms with Gasteiger partial charge in [-0.1, -0.05) is 15.9 Å². The van der Waals surface area contributed by atoms with E-state index >= 15 is 0 Å². The molecule has 4 saturated heterocycles. The minimum absolute atomic E-state index is 0.0212. The Morgan fingerprint density at radius 3 is 2.69 bits per heavy atom. The highest BCUT2D eigenvalue weighted by atomic mass is 79.9. The SMILES string of the molecule is CNC(=O)[C@H]1[C@H]2C(=O)N(CCCCO)C(C(=O)NCCN3CCOCC3)C23CC(Br)[C@@H]1S3. The number of likely N-dealkylation sites (tertiary alicyclic amines) is 1. The lowest BCUT2D eigenvalue weighted by Gasteiger charge is -2.35. The number of halogens is 1. The molecule has 4 aliphatic rings. The second-order valence-corrected chi connectivity index (χ2v) is 11.7. The van der Waals surface area contributed by atoms with Crippen LogP contribution in [0, 0.1) is 11.8 Å². The molecule has 4 rings (SSSR count). The average Bonchev–Trinajstić information content (AvgIpc) is 3.38. The molecular weight excluding hydrogens is 500 g/mol. The number of aliphatic hydroxyl groups excluding tert-OH is 1. The lowest BCUT2D eigenvalue weighted by atomic mass is 9.70. The quantitative estimate of drug-likeness (QED) is 0.269. The van der Waals surface area contributed by atoms with Gasteiger partial charge in [0.2, 0.25) is 17.7 Å². The summed E-state index contributed by atoms with van der Waals surface area (Å²) in [7, 11) is 1.60. The second kappa shape index (κ2) is 10.2. The number of nitrogens with zero attached hydrogens (tertiary/aromatic N) is 2. The third-order valence-electron chi connectivity index (χ3n) is 7.22. The molecule has 0 saturated carbocycles. The van der Waals surface area contributed by atoms with Gasteiger partial charge >= 0.3 is 0 Å². The van der Waals surface area contributed by atoms with Gasteiger partial charge in [0, 0.05) is 56.5 Å². The topological polar surface area (TPSA) is 111 Å². The predicted molar refractivity (Wildman–Crippen MR) is 125 cm³/mol. The number of alkyl halides is 1. The maximum Gasteiger partial charge on any atom is 0.244 e. The van der Waals surface area contributed by atoms with Crippen LogP contribution in [0.15, 0.2) is 0 Å². The fraction of sp³-hybridized carbons (Fsp3) is 0.857. The van der Waals surface area contributed by atoms with Crippen molar-refractivity contribution in [3.63, 3.8) is 0 Å². The van der Waals surface area contributed by atoms with Gasteiger partial charge in [-0.15, -0.1) is 11.8 Å². The minimum Gasteiger partial charge on any atom is -0.396 e. The van der Waals surface area contributed by atoms with Crippen LogP contribution in [0.2, 0.25) is 0 Å². The van der Waals surface area contributed by atoms with Crippen molar-refractivity contribution < 1.29 is 24.2 Å². The average molecular weight is 533 g/mol. The second-order valence-electron chi connectivity index (χ2n) is 8.99. The van der Waals surface area contributed by atoms with Crippen LogP contribution in [-0.2, 0) is 19.1 Å². The number of aliphatic hydroxyl groups is 1. The molecule has 32 heavy (non-hydrogen) atoms. The third kappa shape index (κ3) is 4.19. The Hall–Kier alpha value is -0.880. The number of carbonyl (C=O) groups excluding carboxylic acids is 3. The van der Waals surface area contributed by atoms with Crippen LogP contribution in [0.1, 0.15) is 19.3 Å². The first kappa shape index (κ1) is 24.3. The Morgan fingerprint density at radius 2 is 2.00 bits per heavy atom. The Balaban J connectivity index is 1.53. The summed E-state index contributed by atoms with van der Waals surface area (Å²) < 4.78 is 4.78. The van der Waals surface area contributed by atoms with Crippen LogP contribution in [0.5, 0.6) is 0 Å². The van der Waals surface area contributed by atoms with E-state index in [0.717, 1.165) is 19.6 Å². The molecule has 9 nitrogen and oxygen atoms in total. The molecule has 3 unspecified atom stereocenters. The van der Waals surface area contributed by atoms with Gasteiger partial charge < -0.3 is 25.4 Å². The largest absolute Gasteiger partial charge is 0.396 e. The molecule has 0 aliphatic carbocycles. The van der Waals surface area contributed by atoms with E-state index < -0.39 is 22.6 Å². The number of hydrogen-bond donors (Lipinski definition) is 3. The van der Waals surface area contributed by atoms with E-state index in [0.29, 0.717) is 45.6 Å². The van der Waals surface area contributed by atoms with Gasteiger partial charge in [0.1, 0.15) is 6.04 Å². The number of morpholine rings is 1. The van der Waals surface area contributed by atoms with Crippen molar-refractivity contribution in [1.29, 1.82) is 0 Å². The lowest BCUT2D eigenvalue weighted by molar-refractivity contribution is -0.139. The fourth-order valence-corrected chi connectivity index (χ4v) is 9.40. The van der Waals surface area contributed by atoms with Gasteiger partial charge in [-0.3, -0.25) is 19.3 Å². The first-order chi connectivity index (χ1) is 15.4. The summed E-state index contributed by atoms with van der Waals surface area (Å²) in [6.45, 7) is 4.85. The smallest absolute Gasteiger partial charge is 0.244 e. The molecule has 11 heteroatoms. The monoisotopic (exact) mass is 532 g/mol. The minimum atomic E-state index is -0.604. The summed E-state index contributed by atoms with van der Waals surface area (Å²) in [5.74, 6) is -1.30. The number of unbranched alkanes of at least 4 members (excludes halogenated alkanes) is 1. The van der Waals surface area contributed by atoms with Crippen LogP contribution >= 0.6 is 27.7 Å². The van der Waals surface area contributed by atoms with Crippen LogP contribution in [-0.4, -0.2) is 113 Å². The molecule has 4 heterocycles. The number of thioether (sulfide) groups is 1. The van der Waals surface area contributed by atoms with Crippen LogP contribution in [0.25, 0.3) is 0 Å². The molecule has 4 aliphatic heterocycles. The van der Waals surface area contributed by atoms with Gasteiger partial charge in [0.05, 0.1) is 29.8 Å². The molecule has 4 fully saturated rings. The number of rotatable bonds is 9. The molecule has 1 spiro atoms. The Labute approximate surface area is 201 Å². The number of carbonyl (C=O) groups is 3. The summed E-state index contributed by atoms with van der Waals surface area (Å²) in [5.41, 5.74) is 0. The van der Waals surface area contributed by atoms with E-state index in [1.54, 1.807) is 23.7 Å². The van der Waals surface area contributed by atoms with E-state index in [4.69, 9.17) is 4.74 Å². The summed E-state index contributed by atoms with van der Waals surface area (Å²) in [6, 6.07) is -0.604. The number of fused-ring (bicyclic) bond motifs is 1. The van der Waals surface area contributed by atoms with E-state index in [1.807, 2.05) is 0 Å². The Kier molecular flexibility index (Phi) is 7.71. The normalized spacial score (nSPS) is 36.4. The standard InChI is InChI=1S/C21H33BrN4O5S/c1-23-18(28)14-15-20(30)26(5-2-3-9-27)17(21(15)12-13(22)16(14)32-21)19(29)24-4-6-25-7-10-31-11-8-25/h13-17,27H,2-12H2,1H3,(H,23,28)(H,24,29)/t13?,14-,15-,16-,17?,21?/m0/s1. The van der Waals surface area contributed by atoms with Crippen molar-refractivity contribution in [2.24, 2.45) is 11.8 Å². The van der Waals surface area contributed by atoms with Gasteiger partial charge in [-0.25, -0.2) is 0 Å². The van der Waals surface area contributed by atoms with Gasteiger partial charge in [0.25, 0.3) is 0 Å². The van der Waals surface area contributed by atoms with Crippen molar-refractivity contribution in [2.45, 2.75) is 40.1 Å². The zero-order valence-corrected chi connectivity index (χ0v) is 20.8. The van der Waals surface area contributed by atoms with Crippen LogP contribution in [0.4, 0.5) is 0 Å². The molecule has 3 amide bonds. The molecule has 2 bridgehead atoms. The first-order valence-corrected chi connectivity index (χ1v) is 13.3. The highest BCUT2D eigenvalue weighted by Gasteiger charge is 2.75. The van der Waals surface area contributed by atoms with Crippen molar-refractivity contribution in [3.8, 4) is 0 Å². The maximum absolute atomic E-state index is 13.6. The molecule has 3 N–H and O–H groups in total. The lowest BCUT2D eigenvalue weighted by Crippen LogP contribution is -2.55. The molecule has 0 aromatic heterocycles. The van der Waals surface area contributed by atoms with Gasteiger partial charge in [-0.05, 0) is 19.3 Å². The molecule has 0 aromatic carbocycles. The predicted octanol–water partition coefficient (Wildman–Crippen LogP) is -0.582. The summed E-state index contributed by atoms with van der Waals surface area (Å²) in [4.78, 5) is 43.9. The van der Waals surface area contributed by atoms with E-state index in [2.05, 4.69) is 31.5 Å². The molecule has 6 atom stereocenters. The van der Waals surface area contributed by atoms with E-state index in [9.17, 15) is 19.5 Å². The van der Waals surface area contributed by atoms with Crippen molar-refractivity contribution in [2.75, 3.05) is 59.6 Å². The molecular formula is C21H33BrN4O5S. The Bertz CT molecular complexity index is 739. The fourth-order valence-electron chi connectivity index (χ4n) is 5.79. The molecule has 0 aromatic rings. The third-order valence-corrected chi connectivity index (χ3v) is 10.4. The van der Waals surface area contributed by atoms with Gasteiger partial charge in [0.15, 0.2) is 0 Å². The highest BCUT2D eigenvalue weighted by Crippen LogP contribution is 2.67. The van der Waals surface area contributed by atoms with E-state index in [1.165, 1.54) is 0 Å². The van der Waals surface area contributed by atoms with Crippen molar-refractivity contribution in [1.82, 2.24) is 20.4 Å². The number of hydrogen-bond acceptors (Lipinski definition) is 7. The highest BCUT2D eigenvalue weighted by molar-refractivity contribution is 9.09. The summed E-state index contributed by atoms with van der Waals surface area (Å²) in [6.07, 6.45) is 1.88. The molecule has 0 radical (unpaired) electrons. The number of ether oxygens (including phenoxy) is 1. The maximum atomic E-state index is 13.6. The Morgan fingerprint density at radius 1 is 1.25 bits per heavy atom.